The van der Waals surface area contributed by atoms with Crippen molar-refractivity contribution >= 4 is 11.8 Å². The number of nitrogens with zero attached hydrogens (tertiary/aromatic N) is 1. The summed E-state index contributed by atoms with van der Waals surface area (Å²) in [5.74, 6) is 0.0209. The third-order valence-corrected chi connectivity index (χ3v) is 4.72. The van der Waals surface area contributed by atoms with Crippen molar-refractivity contribution in [3.8, 4) is 0 Å². The Hall–Kier alpha value is -1.10. The van der Waals surface area contributed by atoms with Gasteiger partial charge in [-0.05, 0) is 25.2 Å². The summed E-state index contributed by atoms with van der Waals surface area (Å²) in [4.78, 5) is 26.1. The average molecular weight is 296 g/mol. The first-order valence-electron chi connectivity index (χ1n) is 8.22. The molecule has 2 N–H and O–H groups in total. The third kappa shape index (κ3) is 3.96. The zero-order valence-electron chi connectivity index (χ0n) is 13.2. The standard InChI is InChI=1S/C16H28N2O3/c1-12(2)14(18-10-6-7-13(18)19)15(20)17-11-16(21)8-4-3-5-9-16/h12,14,21H,3-11H2,1-2H3,(H,17,20). The van der Waals surface area contributed by atoms with E-state index >= 15 is 0 Å². The van der Waals surface area contributed by atoms with E-state index in [2.05, 4.69) is 5.32 Å². The summed E-state index contributed by atoms with van der Waals surface area (Å²) in [5, 5.41) is 13.4. The number of likely N-dealkylation sites (tertiary alicyclic amines) is 1. The zero-order valence-corrected chi connectivity index (χ0v) is 13.2. The lowest BCUT2D eigenvalue weighted by molar-refractivity contribution is -0.139. The smallest absolute Gasteiger partial charge is 0.243 e. The van der Waals surface area contributed by atoms with Gasteiger partial charge in [-0.1, -0.05) is 33.1 Å². The van der Waals surface area contributed by atoms with Gasteiger partial charge in [-0.2, -0.15) is 0 Å². The Kier molecular flexibility index (Phi) is 5.25. The van der Waals surface area contributed by atoms with Gasteiger partial charge in [0.25, 0.3) is 0 Å². The molecular weight excluding hydrogens is 268 g/mol. The number of aliphatic hydroxyl groups is 1. The molecule has 0 radical (unpaired) electrons. The molecule has 0 bridgehead atoms. The van der Waals surface area contributed by atoms with E-state index < -0.39 is 11.6 Å². The molecule has 120 valence electrons. The molecule has 0 aromatic carbocycles. The second-order valence-electron chi connectivity index (χ2n) is 6.88. The summed E-state index contributed by atoms with van der Waals surface area (Å²) >= 11 is 0. The zero-order chi connectivity index (χ0) is 15.5. The molecule has 1 unspecified atom stereocenters. The first-order valence-corrected chi connectivity index (χ1v) is 8.22. The molecule has 5 heteroatoms. The third-order valence-electron chi connectivity index (χ3n) is 4.72. The fraction of sp³-hybridized carbons (Fsp3) is 0.875. The summed E-state index contributed by atoms with van der Waals surface area (Å²) in [6, 6.07) is -0.410. The molecule has 2 amide bonds. The Morgan fingerprint density at radius 1 is 1.29 bits per heavy atom. The molecule has 1 heterocycles. The minimum absolute atomic E-state index is 0.0697. The molecule has 5 nitrogen and oxygen atoms in total. The molecule has 2 aliphatic rings. The molecule has 1 aliphatic heterocycles. The number of hydrogen-bond acceptors (Lipinski definition) is 3. The van der Waals surface area contributed by atoms with Crippen molar-refractivity contribution in [2.24, 2.45) is 5.92 Å². The Balaban J connectivity index is 1.94. The molecule has 1 atom stereocenters. The largest absolute Gasteiger partial charge is 0.388 e. The second kappa shape index (κ2) is 6.77. The molecule has 2 rings (SSSR count). The van der Waals surface area contributed by atoms with Crippen LogP contribution < -0.4 is 5.32 Å². The summed E-state index contributed by atoms with van der Waals surface area (Å²) < 4.78 is 0. The molecule has 0 aromatic rings. The van der Waals surface area contributed by atoms with Crippen LogP contribution in [-0.4, -0.2) is 46.6 Å². The molecule has 1 aliphatic carbocycles. The summed E-state index contributed by atoms with van der Waals surface area (Å²) in [5.41, 5.74) is -0.759. The van der Waals surface area contributed by atoms with Gasteiger partial charge >= 0.3 is 0 Å². The van der Waals surface area contributed by atoms with E-state index in [9.17, 15) is 14.7 Å². The minimum Gasteiger partial charge on any atom is -0.388 e. The fourth-order valence-electron chi connectivity index (χ4n) is 3.51. The predicted molar refractivity (Wildman–Crippen MR) is 80.6 cm³/mol. The lowest BCUT2D eigenvalue weighted by Crippen LogP contribution is -2.53. The van der Waals surface area contributed by atoms with E-state index in [1.54, 1.807) is 4.90 Å². The van der Waals surface area contributed by atoms with Gasteiger partial charge in [-0.3, -0.25) is 9.59 Å². The maximum atomic E-state index is 12.5. The summed E-state index contributed by atoms with van der Waals surface area (Å²) in [6.07, 6.45) is 6.08. The Bertz CT molecular complexity index is 389. The van der Waals surface area contributed by atoms with Crippen LogP contribution in [0.5, 0.6) is 0 Å². The predicted octanol–water partition coefficient (Wildman–Crippen LogP) is 1.44. The molecule has 21 heavy (non-hydrogen) atoms. The van der Waals surface area contributed by atoms with E-state index in [0.29, 0.717) is 19.5 Å². The van der Waals surface area contributed by atoms with Crippen molar-refractivity contribution in [3.05, 3.63) is 0 Å². The molecular formula is C16H28N2O3. The SMILES string of the molecule is CC(C)C(C(=O)NCC1(O)CCCCC1)N1CCCC1=O. The maximum absolute atomic E-state index is 12.5. The van der Waals surface area contributed by atoms with Crippen molar-refractivity contribution in [1.82, 2.24) is 10.2 Å². The first kappa shape index (κ1) is 16.3. The van der Waals surface area contributed by atoms with Crippen molar-refractivity contribution in [3.63, 3.8) is 0 Å². The van der Waals surface area contributed by atoms with Crippen LogP contribution in [0.15, 0.2) is 0 Å². The van der Waals surface area contributed by atoms with Crippen molar-refractivity contribution in [1.29, 1.82) is 0 Å². The van der Waals surface area contributed by atoms with Crippen LogP contribution in [0.4, 0.5) is 0 Å². The number of carbonyl (C=O) groups is 2. The van der Waals surface area contributed by atoms with Gasteiger partial charge < -0.3 is 15.3 Å². The van der Waals surface area contributed by atoms with E-state index in [1.807, 2.05) is 13.8 Å². The minimum atomic E-state index is -0.759. The summed E-state index contributed by atoms with van der Waals surface area (Å²) in [7, 11) is 0. The van der Waals surface area contributed by atoms with Gasteiger partial charge in [0.1, 0.15) is 6.04 Å². The van der Waals surface area contributed by atoms with Crippen molar-refractivity contribution in [2.45, 2.75) is 70.4 Å². The van der Waals surface area contributed by atoms with Gasteiger partial charge in [0.05, 0.1) is 5.60 Å². The van der Waals surface area contributed by atoms with E-state index in [0.717, 1.165) is 38.5 Å². The Morgan fingerprint density at radius 2 is 1.95 bits per heavy atom. The van der Waals surface area contributed by atoms with E-state index in [4.69, 9.17) is 0 Å². The number of carbonyl (C=O) groups excluding carboxylic acids is 2. The van der Waals surface area contributed by atoms with Crippen LogP contribution in [0.25, 0.3) is 0 Å². The Labute approximate surface area is 127 Å². The number of hydrogen-bond donors (Lipinski definition) is 2. The average Bonchev–Trinajstić information content (AvgIpc) is 2.84. The van der Waals surface area contributed by atoms with Crippen molar-refractivity contribution < 1.29 is 14.7 Å². The van der Waals surface area contributed by atoms with E-state index in [-0.39, 0.29) is 17.7 Å². The summed E-state index contributed by atoms with van der Waals surface area (Å²) in [6.45, 7) is 4.90. The van der Waals surface area contributed by atoms with Crippen LogP contribution >= 0.6 is 0 Å². The van der Waals surface area contributed by atoms with Crippen molar-refractivity contribution in [2.75, 3.05) is 13.1 Å². The quantitative estimate of drug-likeness (QED) is 0.806. The highest BCUT2D eigenvalue weighted by molar-refractivity contribution is 5.88. The monoisotopic (exact) mass is 296 g/mol. The number of rotatable bonds is 5. The number of amides is 2. The molecule has 0 aromatic heterocycles. The van der Waals surface area contributed by atoms with Gasteiger partial charge in [-0.25, -0.2) is 0 Å². The van der Waals surface area contributed by atoms with Gasteiger partial charge in [0.15, 0.2) is 0 Å². The molecule has 1 saturated heterocycles. The maximum Gasteiger partial charge on any atom is 0.243 e. The number of nitrogens with one attached hydrogen (secondary N) is 1. The molecule has 1 saturated carbocycles. The van der Waals surface area contributed by atoms with Gasteiger partial charge in [-0.15, -0.1) is 0 Å². The van der Waals surface area contributed by atoms with E-state index in [1.165, 1.54) is 0 Å². The van der Waals surface area contributed by atoms with Gasteiger partial charge in [0.2, 0.25) is 11.8 Å². The van der Waals surface area contributed by atoms with Crippen LogP contribution in [0, 0.1) is 5.92 Å². The van der Waals surface area contributed by atoms with Crippen LogP contribution in [-0.2, 0) is 9.59 Å². The highest BCUT2D eigenvalue weighted by atomic mass is 16.3. The first-order chi connectivity index (χ1) is 9.93. The highest BCUT2D eigenvalue weighted by Gasteiger charge is 2.36. The van der Waals surface area contributed by atoms with Crippen LogP contribution in [0.2, 0.25) is 0 Å². The van der Waals surface area contributed by atoms with Crippen LogP contribution in [0.3, 0.4) is 0 Å². The lowest BCUT2D eigenvalue weighted by Gasteiger charge is -2.34. The molecule has 2 fully saturated rings. The molecule has 0 spiro atoms. The second-order valence-corrected chi connectivity index (χ2v) is 6.88. The topological polar surface area (TPSA) is 69.6 Å². The van der Waals surface area contributed by atoms with Gasteiger partial charge in [0, 0.05) is 19.5 Å². The fourth-order valence-corrected chi connectivity index (χ4v) is 3.51. The Morgan fingerprint density at radius 3 is 2.48 bits per heavy atom. The normalized spacial score (nSPS) is 23.4. The van der Waals surface area contributed by atoms with Crippen LogP contribution in [0.1, 0.15) is 58.8 Å². The lowest BCUT2D eigenvalue weighted by atomic mass is 9.85. The highest BCUT2D eigenvalue weighted by Crippen LogP contribution is 2.27.